The van der Waals surface area contributed by atoms with Gasteiger partial charge in [-0.3, -0.25) is 14.5 Å². The number of nitrogens with zero attached hydrogens (tertiary/aromatic N) is 3. The Bertz CT molecular complexity index is 812. The van der Waals surface area contributed by atoms with Gasteiger partial charge in [0.25, 0.3) is 5.91 Å². The molecule has 2 aliphatic heterocycles. The second kappa shape index (κ2) is 8.57. The Balaban J connectivity index is 1.29. The van der Waals surface area contributed by atoms with Crippen molar-refractivity contribution in [2.45, 2.75) is 25.9 Å². The Morgan fingerprint density at radius 1 is 0.786 bits per heavy atom. The van der Waals surface area contributed by atoms with Gasteiger partial charge in [-0.25, -0.2) is 0 Å². The Hall–Kier alpha value is -2.66. The molecule has 2 saturated heterocycles. The van der Waals surface area contributed by atoms with E-state index in [1.807, 2.05) is 40.1 Å². The van der Waals surface area contributed by atoms with Crippen LogP contribution in [-0.4, -0.2) is 59.2 Å². The molecule has 2 amide bonds. The molecule has 0 atom stereocenters. The van der Waals surface area contributed by atoms with Crippen LogP contribution in [-0.2, 0) is 17.9 Å². The number of hydrogen-bond donors (Lipinski definition) is 0. The molecule has 4 rings (SSSR count). The highest BCUT2D eigenvalue weighted by Gasteiger charge is 2.23. The summed E-state index contributed by atoms with van der Waals surface area (Å²) >= 11 is 0. The fraction of sp³-hybridized carbons (Fsp3) is 0.391. The van der Waals surface area contributed by atoms with Crippen molar-refractivity contribution < 1.29 is 9.59 Å². The zero-order valence-corrected chi connectivity index (χ0v) is 16.2. The number of hydrogen-bond acceptors (Lipinski definition) is 3. The van der Waals surface area contributed by atoms with Gasteiger partial charge in [-0.05, 0) is 29.7 Å². The number of benzene rings is 2. The molecule has 5 heteroatoms. The summed E-state index contributed by atoms with van der Waals surface area (Å²) in [5, 5.41) is 0. The van der Waals surface area contributed by atoms with Crippen molar-refractivity contribution in [1.29, 1.82) is 0 Å². The molecule has 0 spiro atoms. The monoisotopic (exact) mass is 377 g/mol. The van der Waals surface area contributed by atoms with Crippen molar-refractivity contribution in [3.05, 3.63) is 71.3 Å². The minimum Gasteiger partial charge on any atom is -0.338 e. The van der Waals surface area contributed by atoms with Gasteiger partial charge in [0, 0.05) is 57.8 Å². The third-order valence-corrected chi connectivity index (χ3v) is 5.65. The van der Waals surface area contributed by atoms with E-state index in [2.05, 4.69) is 29.2 Å². The molecule has 5 nitrogen and oxygen atoms in total. The Morgan fingerprint density at radius 2 is 1.46 bits per heavy atom. The lowest BCUT2D eigenvalue weighted by Gasteiger charge is -2.34. The number of piperazine rings is 1. The molecule has 2 fully saturated rings. The van der Waals surface area contributed by atoms with Crippen molar-refractivity contribution in [2.75, 3.05) is 32.7 Å². The summed E-state index contributed by atoms with van der Waals surface area (Å²) in [5.74, 6) is 0.330. The zero-order chi connectivity index (χ0) is 19.3. The molecule has 0 N–H and O–H groups in total. The fourth-order valence-corrected chi connectivity index (χ4v) is 3.98. The summed E-state index contributed by atoms with van der Waals surface area (Å²) in [6.45, 7) is 5.74. The second-order valence-electron chi connectivity index (χ2n) is 7.67. The number of likely N-dealkylation sites (tertiary alicyclic amines) is 1. The molecule has 0 aromatic heterocycles. The maximum atomic E-state index is 12.8. The quantitative estimate of drug-likeness (QED) is 0.805. The predicted octanol–water partition coefficient (Wildman–Crippen LogP) is 2.77. The van der Waals surface area contributed by atoms with Crippen LogP contribution in [0.15, 0.2) is 54.6 Å². The van der Waals surface area contributed by atoms with E-state index in [1.165, 1.54) is 5.56 Å². The first-order valence-electron chi connectivity index (χ1n) is 10.1. The molecule has 0 radical (unpaired) electrons. The SMILES string of the molecule is O=C1CCCN1Cc1ccc(C(=O)N2CCN(Cc3ccccc3)CC2)cc1. The molecule has 146 valence electrons. The van der Waals surface area contributed by atoms with E-state index in [9.17, 15) is 9.59 Å². The van der Waals surface area contributed by atoms with Crippen LogP contribution in [0.2, 0.25) is 0 Å². The first-order chi connectivity index (χ1) is 13.7. The molecular formula is C23H27N3O2. The van der Waals surface area contributed by atoms with E-state index in [1.54, 1.807) is 0 Å². The summed E-state index contributed by atoms with van der Waals surface area (Å²) in [5.41, 5.74) is 3.13. The van der Waals surface area contributed by atoms with Crippen LogP contribution in [0.25, 0.3) is 0 Å². The molecule has 0 aliphatic carbocycles. The van der Waals surface area contributed by atoms with Gasteiger partial charge in [-0.1, -0.05) is 42.5 Å². The zero-order valence-electron chi connectivity index (χ0n) is 16.2. The number of carbonyl (C=O) groups excluding carboxylic acids is 2. The standard InChI is InChI=1S/C23H27N3O2/c27-22-7-4-12-26(22)18-20-8-10-21(11-9-20)23(28)25-15-13-24(14-16-25)17-19-5-2-1-3-6-19/h1-3,5-6,8-11H,4,7,12-18H2. The summed E-state index contributed by atoms with van der Waals surface area (Å²) < 4.78 is 0. The van der Waals surface area contributed by atoms with Crippen molar-refractivity contribution in [1.82, 2.24) is 14.7 Å². The Kier molecular flexibility index (Phi) is 5.72. The smallest absolute Gasteiger partial charge is 0.253 e. The largest absolute Gasteiger partial charge is 0.338 e. The van der Waals surface area contributed by atoms with Gasteiger partial charge < -0.3 is 9.80 Å². The fourth-order valence-electron chi connectivity index (χ4n) is 3.98. The van der Waals surface area contributed by atoms with Gasteiger partial charge in [0.1, 0.15) is 0 Å². The van der Waals surface area contributed by atoms with Gasteiger partial charge in [-0.15, -0.1) is 0 Å². The molecule has 28 heavy (non-hydrogen) atoms. The minimum atomic E-state index is 0.100. The lowest BCUT2D eigenvalue weighted by molar-refractivity contribution is -0.128. The number of carbonyl (C=O) groups is 2. The first-order valence-corrected chi connectivity index (χ1v) is 10.1. The molecule has 0 saturated carbocycles. The summed E-state index contributed by atoms with van der Waals surface area (Å²) in [4.78, 5) is 30.8. The van der Waals surface area contributed by atoms with Crippen molar-refractivity contribution in [3.63, 3.8) is 0 Å². The average Bonchev–Trinajstić information content (AvgIpc) is 3.14. The number of amides is 2. The molecule has 0 unspecified atom stereocenters. The van der Waals surface area contributed by atoms with Gasteiger partial charge in [0.15, 0.2) is 0 Å². The van der Waals surface area contributed by atoms with E-state index in [0.29, 0.717) is 13.0 Å². The highest BCUT2D eigenvalue weighted by atomic mass is 16.2. The van der Waals surface area contributed by atoms with Gasteiger partial charge in [0.05, 0.1) is 0 Å². The predicted molar refractivity (Wildman–Crippen MR) is 109 cm³/mol. The topological polar surface area (TPSA) is 43.9 Å². The summed E-state index contributed by atoms with van der Waals surface area (Å²) in [6, 6.07) is 18.2. The molecule has 0 bridgehead atoms. The summed E-state index contributed by atoms with van der Waals surface area (Å²) in [6.07, 6.45) is 1.61. The third-order valence-electron chi connectivity index (χ3n) is 5.65. The molecule has 2 heterocycles. The lowest BCUT2D eigenvalue weighted by atomic mass is 10.1. The average molecular weight is 377 g/mol. The third kappa shape index (κ3) is 4.42. The highest BCUT2D eigenvalue weighted by Crippen LogP contribution is 2.16. The Morgan fingerprint density at radius 3 is 2.11 bits per heavy atom. The lowest BCUT2D eigenvalue weighted by Crippen LogP contribution is -2.48. The first kappa shape index (κ1) is 18.7. The van der Waals surface area contributed by atoms with E-state index in [4.69, 9.17) is 0 Å². The van der Waals surface area contributed by atoms with Crippen LogP contribution in [0, 0.1) is 0 Å². The molecular weight excluding hydrogens is 350 g/mol. The van der Waals surface area contributed by atoms with Gasteiger partial charge >= 0.3 is 0 Å². The molecule has 2 aliphatic rings. The number of rotatable bonds is 5. The maximum absolute atomic E-state index is 12.8. The molecule has 2 aromatic carbocycles. The molecule has 2 aromatic rings. The minimum absolute atomic E-state index is 0.100. The van der Waals surface area contributed by atoms with Crippen LogP contribution in [0.1, 0.15) is 34.3 Å². The van der Waals surface area contributed by atoms with Gasteiger partial charge in [-0.2, -0.15) is 0 Å². The van der Waals surface area contributed by atoms with E-state index < -0.39 is 0 Å². The summed E-state index contributed by atoms with van der Waals surface area (Å²) in [7, 11) is 0. The van der Waals surface area contributed by atoms with Crippen LogP contribution >= 0.6 is 0 Å². The van der Waals surface area contributed by atoms with Crippen LogP contribution in [0.4, 0.5) is 0 Å². The van der Waals surface area contributed by atoms with E-state index >= 15 is 0 Å². The van der Waals surface area contributed by atoms with E-state index in [-0.39, 0.29) is 11.8 Å². The second-order valence-corrected chi connectivity index (χ2v) is 7.67. The van der Waals surface area contributed by atoms with E-state index in [0.717, 1.165) is 56.8 Å². The van der Waals surface area contributed by atoms with Crippen molar-refractivity contribution >= 4 is 11.8 Å². The van der Waals surface area contributed by atoms with Crippen molar-refractivity contribution in [3.8, 4) is 0 Å². The van der Waals surface area contributed by atoms with Gasteiger partial charge in [0.2, 0.25) is 5.91 Å². The van der Waals surface area contributed by atoms with Crippen LogP contribution in [0.5, 0.6) is 0 Å². The maximum Gasteiger partial charge on any atom is 0.253 e. The normalized spacial score (nSPS) is 17.9. The highest BCUT2D eigenvalue weighted by molar-refractivity contribution is 5.94. The Labute approximate surface area is 166 Å². The van der Waals surface area contributed by atoms with Crippen molar-refractivity contribution in [2.24, 2.45) is 0 Å². The van der Waals surface area contributed by atoms with Crippen LogP contribution < -0.4 is 0 Å². The van der Waals surface area contributed by atoms with Crippen LogP contribution in [0.3, 0.4) is 0 Å².